The highest BCUT2D eigenvalue weighted by Crippen LogP contribution is 2.42. The van der Waals surface area contributed by atoms with Gasteiger partial charge in [0.05, 0.1) is 0 Å². The number of furan rings is 1. The number of anilines is 3. The Hall–Kier alpha value is -7.68. The van der Waals surface area contributed by atoms with E-state index in [0.29, 0.717) is 0 Å². The Kier molecular flexibility index (Phi) is 8.19. The molecule has 1 aromatic heterocycles. The normalized spacial score (nSPS) is 11.4. The van der Waals surface area contributed by atoms with Gasteiger partial charge in [-0.15, -0.1) is 0 Å². The Bertz CT molecular complexity index is 3250. The third-order valence-corrected chi connectivity index (χ3v) is 11.5. The van der Waals surface area contributed by atoms with E-state index in [1.807, 2.05) is 0 Å². The van der Waals surface area contributed by atoms with Gasteiger partial charge in [0.25, 0.3) is 0 Å². The van der Waals surface area contributed by atoms with E-state index in [0.717, 1.165) is 55.5 Å². The van der Waals surface area contributed by atoms with Crippen molar-refractivity contribution in [2.45, 2.75) is 0 Å². The van der Waals surface area contributed by atoms with Crippen LogP contribution in [0, 0.1) is 0 Å². The minimum Gasteiger partial charge on any atom is -0.455 e. The lowest BCUT2D eigenvalue weighted by molar-refractivity contribution is 0.673. The molecule has 0 aliphatic heterocycles. The number of hydrogen-bond donors (Lipinski definition) is 0. The standard InChI is InChI=1S/C56H37NO/c1-2-10-38(11-3-1)41-26-31-48(32-27-41)57(49-33-28-42(29-34-49)40-20-22-43(23-21-40)46-25-24-39-12-4-5-14-45(39)36-46)50-16-8-15-47(37-50)51-18-9-19-54-55(51)53-35-30-44-13-6-7-17-52(44)56(53)58-54/h1-37H. The van der Waals surface area contributed by atoms with Gasteiger partial charge in [-0.05, 0) is 115 Å². The lowest BCUT2D eigenvalue weighted by Gasteiger charge is -2.26. The predicted octanol–water partition coefficient (Wildman–Crippen LogP) is 16.0. The molecule has 0 aliphatic rings. The number of nitrogens with zero attached hydrogens (tertiary/aromatic N) is 1. The molecule has 0 aliphatic carbocycles. The molecule has 0 saturated carbocycles. The zero-order chi connectivity index (χ0) is 38.4. The molecule has 11 aromatic rings. The second-order valence-electron chi connectivity index (χ2n) is 14.9. The zero-order valence-electron chi connectivity index (χ0n) is 31.7. The quantitative estimate of drug-likeness (QED) is 0.162. The molecule has 2 nitrogen and oxygen atoms in total. The van der Waals surface area contributed by atoms with E-state index in [1.165, 1.54) is 49.5 Å². The minimum absolute atomic E-state index is 0.892. The van der Waals surface area contributed by atoms with Gasteiger partial charge in [-0.25, -0.2) is 0 Å². The maximum absolute atomic E-state index is 6.57. The molecule has 0 bridgehead atoms. The van der Waals surface area contributed by atoms with Crippen molar-refractivity contribution in [1.29, 1.82) is 0 Å². The zero-order valence-corrected chi connectivity index (χ0v) is 31.7. The number of fused-ring (bicyclic) bond motifs is 6. The molecule has 1 heterocycles. The monoisotopic (exact) mass is 739 g/mol. The average molecular weight is 740 g/mol. The summed E-state index contributed by atoms with van der Waals surface area (Å²) in [6.07, 6.45) is 0. The highest BCUT2D eigenvalue weighted by atomic mass is 16.3. The van der Waals surface area contributed by atoms with Crippen LogP contribution < -0.4 is 4.90 Å². The van der Waals surface area contributed by atoms with Crippen molar-refractivity contribution in [3.05, 3.63) is 224 Å². The van der Waals surface area contributed by atoms with Crippen LogP contribution in [0.4, 0.5) is 17.1 Å². The molecule has 0 N–H and O–H groups in total. The van der Waals surface area contributed by atoms with Gasteiger partial charge < -0.3 is 9.32 Å². The maximum Gasteiger partial charge on any atom is 0.143 e. The summed E-state index contributed by atoms with van der Waals surface area (Å²) in [5.74, 6) is 0. The molecular formula is C56H37NO. The van der Waals surface area contributed by atoms with E-state index in [2.05, 4.69) is 229 Å². The molecule has 272 valence electrons. The highest BCUT2D eigenvalue weighted by molar-refractivity contribution is 6.19. The molecule has 10 aromatic carbocycles. The fraction of sp³-hybridized carbons (Fsp3) is 0. The summed E-state index contributed by atoms with van der Waals surface area (Å²) in [4.78, 5) is 2.35. The summed E-state index contributed by atoms with van der Waals surface area (Å²) >= 11 is 0. The molecule has 0 atom stereocenters. The van der Waals surface area contributed by atoms with E-state index >= 15 is 0 Å². The molecule has 11 rings (SSSR count). The van der Waals surface area contributed by atoms with Crippen LogP contribution in [0.25, 0.3) is 88.0 Å². The van der Waals surface area contributed by atoms with E-state index in [9.17, 15) is 0 Å². The third kappa shape index (κ3) is 6.00. The van der Waals surface area contributed by atoms with Crippen molar-refractivity contribution in [3.8, 4) is 44.5 Å². The van der Waals surface area contributed by atoms with Gasteiger partial charge in [0.1, 0.15) is 11.2 Å². The maximum atomic E-state index is 6.57. The highest BCUT2D eigenvalue weighted by Gasteiger charge is 2.18. The van der Waals surface area contributed by atoms with Crippen molar-refractivity contribution < 1.29 is 4.42 Å². The SMILES string of the molecule is c1ccc(-c2ccc(N(c3ccc(-c4ccc(-c5ccc6ccccc6c5)cc4)cc3)c3cccc(-c4cccc5oc6c7ccccc7ccc6c45)c3)cc2)cc1. The lowest BCUT2D eigenvalue weighted by Crippen LogP contribution is -2.10. The summed E-state index contributed by atoms with van der Waals surface area (Å²) in [6, 6.07) is 80.6. The first-order valence-electron chi connectivity index (χ1n) is 19.8. The van der Waals surface area contributed by atoms with Gasteiger partial charge in [-0.3, -0.25) is 0 Å². The van der Waals surface area contributed by atoms with Crippen molar-refractivity contribution >= 4 is 60.5 Å². The molecule has 0 fully saturated rings. The van der Waals surface area contributed by atoms with Crippen molar-refractivity contribution in [2.24, 2.45) is 0 Å². The van der Waals surface area contributed by atoms with Crippen molar-refractivity contribution in [3.63, 3.8) is 0 Å². The molecule has 0 amide bonds. The number of rotatable bonds is 7. The Morgan fingerprint density at radius 1 is 0.293 bits per heavy atom. The average Bonchev–Trinajstić information content (AvgIpc) is 3.70. The van der Waals surface area contributed by atoms with Crippen molar-refractivity contribution in [2.75, 3.05) is 4.90 Å². The second kappa shape index (κ2) is 14.1. The Morgan fingerprint density at radius 2 is 0.828 bits per heavy atom. The Balaban J connectivity index is 0.979. The van der Waals surface area contributed by atoms with Crippen LogP contribution in [0.3, 0.4) is 0 Å². The van der Waals surface area contributed by atoms with Crippen LogP contribution >= 0.6 is 0 Å². The van der Waals surface area contributed by atoms with Gasteiger partial charge >= 0.3 is 0 Å². The van der Waals surface area contributed by atoms with E-state index < -0.39 is 0 Å². The van der Waals surface area contributed by atoms with Gasteiger partial charge in [0.2, 0.25) is 0 Å². The molecular weight excluding hydrogens is 703 g/mol. The third-order valence-electron chi connectivity index (χ3n) is 11.5. The van der Waals surface area contributed by atoms with Gasteiger partial charge in [-0.1, -0.05) is 170 Å². The molecule has 0 saturated heterocycles. The minimum atomic E-state index is 0.892. The summed E-state index contributed by atoms with van der Waals surface area (Å²) in [7, 11) is 0. The first-order chi connectivity index (χ1) is 28.7. The van der Waals surface area contributed by atoms with Crippen LogP contribution in [0.1, 0.15) is 0 Å². The first-order valence-corrected chi connectivity index (χ1v) is 19.8. The van der Waals surface area contributed by atoms with Gasteiger partial charge in [0, 0.05) is 33.2 Å². The smallest absolute Gasteiger partial charge is 0.143 e. The molecule has 58 heavy (non-hydrogen) atoms. The van der Waals surface area contributed by atoms with Crippen LogP contribution in [0.2, 0.25) is 0 Å². The van der Waals surface area contributed by atoms with Crippen LogP contribution in [-0.2, 0) is 0 Å². The molecule has 0 radical (unpaired) electrons. The second-order valence-corrected chi connectivity index (χ2v) is 14.9. The largest absolute Gasteiger partial charge is 0.455 e. The topological polar surface area (TPSA) is 16.4 Å². The Labute approximate surface area is 337 Å². The summed E-state index contributed by atoms with van der Waals surface area (Å²) in [5, 5.41) is 7.08. The van der Waals surface area contributed by atoms with E-state index in [-0.39, 0.29) is 0 Å². The molecule has 0 unspecified atom stereocenters. The van der Waals surface area contributed by atoms with E-state index in [1.54, 1.807) is 0 Å². The summed E-state index contributed by atoms with van der Waals surface area (Å²) < 4.78 is 6.57. The summed E-state index contributed by atoms with van der Waals surface area (Å²) in [5.41, 5.74) is 14.5. The van der Waals surface area contributed by atoms with E-state index in [4.69, 9.17) is 4.42 Å². The fourth-order valence-electron chi connectivity index (χ4n) is 8.51. The Morgan fingerprint density at radius 3 is 1.55 bits per heavy atom. The van der Waals surface area contributed by atoms with Gasteiger partial charge in [0.15, 0.2) is 0 Å². The van der Waals surface area contributed by atoms with Crippen LogP contribution in [0.15, 0.2) is 229 Å². The predicted molar refractivity (Wildman–Crippen MR) is 245 cm³/mol. The fourth-order valence-corrected chi connectivity index (χ4v) is 8.51. The molecule has 0 spiro atoms. The van der Waals surface area contributed by atoms with Gasteiger partial charge in [-0.2, -0.15) is 0 Å². The lowest BCUT2D eigenvalue weighted by atomic mass is 9.97. The first kappa shape index (κ1) is 33.6. The van der Waals surface area contributed by atoms with Crippen molar-refractivity contribution in [1.82, 2.24) is 0 Å². The molecule has 2 heteroatoms. The van der Waals surface area contributed by atoms with Crippen LogP contribution in [0.5, 0.6) is 0 Å². The number of benzene rings is 10. The summed E-state index contributed by atoms with van der Waals surface area (Å²) in [6.45, 7) is 0. The van der Waals surface area contributed by atoms with Crippen LogP contribution in [-0.4, -0.2) is 0 Å². The number of hydrogen-bond acceptors (Lipinski definition) is 2.